The van der Waals surface area contributed by atoms with Crippen molar-refractivity contribution >= 4 is 5.91 Å². The van der Waals surface area contributed by atoms with Crippen LogP contribution in [0.2, 0.25) is 0 Å². The van der Waals surface area contributed by atoms with E-state index in [1.807, 2.05) is 19.1 Å². The highest BCUT2D eigenvalue weighted by Crippen LogP contribution is 2.09. The van der Waals surface area contributed by atoms with Crippen molar-refractivity contribution in [3.05, 3.63) is 30.1 Å². The van der Waals surface area contributed by atoms with Gasteiger partial charge in [0, 0.05) is 26.1 Å². The van der Waals surface area contributed by atoms with Gasteiger partial charge in [0.25, 0.3) is 0 Å². The first kappa shape index (κ1) is 13.6. The van der Waals surface area contributed by atoms with Gasteiger partial charge in [0.05, 0.1) is 12.1 Å². The summed E-state index contributed by atoms with van der Waals surface area (Å²) in [5.41, 5.74) is 6.68. The van der Waals surface area contributed by atoms with Crippen LogP contribution >= 0.6 is 0 Å². The molecule has 0 bridgehead atoms. The summed E-state index contributed by atoms with van der Waals surface area (Å²) in [6.45, 7) is 2.38. The second-order valence-corrected chi connectivity index (χ2v) is 3.90. The summed E-state index contributed by atoms with van der Waals surface area (Å²) in [5.74, 6) is -0.168. The van der Waals surface area contributed by atoms with E-state index in [0.717, 1.165) is 5.56 Å². The molecular weight excluding hydrogens is 218 g/mol. The maximum atomic E-state index is 11.7. The number of carbonyl (C=O) groups excluding carboxylic acids is 1. The Kier molecular flexibility index (Phi) is 5.59. The van der Waals surface area contributed by atoms with Gasteiger partial charge < -0.3 is 15.8 Å². The fourth-order valence-corrected chi connectivity index (χ4v) is 1.41. The topological polar surface area (TPSA) is 77.2 Å². The van der Waals surface area contributed by atoms with E-state index >= 15 is 0 Å². The van der Waals surface area contributed by atoms with Crippen LogP contribution < -0.4 is 11.1 Å². The second kappa shape index (κ2) is 6.98. The Bertz CT molecular complexity index is 343. The van der Waals surface area contributed by atoms with Gasteiger partial charge >= 0.3 is 0 Å². The molecule has 3 N–H and O–H groups in total. The maximum Gasteiger partial charge on any atom is 0.237 e. The molecule has 0 saturated carbocycles. The Morgan fingerprint density at radius 3 is 3.00 bits per heavy atom. The lowest BCUT2D eigenvalue weighted by Gasteiger charge is -2.17. The molecule has 0 fully saturated rings. The minimum atomic E-state index is -0.533. The van der Waals surface area contributed by atoms with E-state index in [9.17, 15) is 4.79 Å². The molecule has 1 aromatic rings. The predicted octanol–water partition coefficient (Wildman–Crippen LogP) is 0.623. The number of nitrogens with zero attached hydrogens (tertiary/aromatic N) is 1. The number of hydrogen-bond acceptors (Lipinski definition) is 4. The summed E-state index contributed by atoms with van der Waals surface area (Å²) < 4.78 is 4.88. The van der Waals surface area contributed by atoms with Gasteiger partial charge in [-0.1, -0.05) is 6.07 Å². The Balaban J connectivity index is 2.46. The van der Waals surface area contributed by atoms with Crippen molar-refractivity contribution in [2.24, 2.45) is 5.73 Å². The minimum absolute atomic E-state index is 0.0928. The lowest BCUT2D eigenvalue weighted by atomic mass is 10.1. The summed E-state index contributed by atoms with van der Waals surface area (Å²) >= 11 is 0. The van der Waals surface area contributed by atoms with Crippen molar-refractivity contribution in [2.75, 3.05) is 13.7 Å². The third-order valence-electron chi connectivity index (χ3n) is 2.51. The maximum absolute atomic E-state index is 11.7. The summed E-state index contributed by atoms with van der Waals surface area (Å²) in [7, 11) is 1.59. The quantitative estimate of drug-likeness (QED) is 0.760. The molecule has 1 rings (SSSR count). The fourth-order valence-electron chi connectivity index (χ4n) is 1.41. The average molecular weight is 237 g/mol. The van der Waals surface area contributed by atoms with Gasteiger partial charge in [0.1, 0.15) is 0 Å². The van der Waals surface area contributed by atoms with Crippen molar-refractivity contribution in [1.29, 1.82) is 0 Å². The van der Waals surface area contributed by atoms with Crippen LogP contribution in [0, 0.1) is 0 Å². The minimum Gasteiger partial charge on any atom is -0.385 e. The zero-order valence-corrected chi connectivity index (χ0v) is 10.2. The molecular formula is C12H19N3O2. The molecule has 1 heterocycles. The van der Waals surface area contributed by atoms with E-state index in [1.54, 1.807) is 19.5 Å². The first-order valence-corrected chi connectivity index (χ1v) is 5.60. The lowest BCUT2D eigenvalue weighted by Crippen LogP contribution is -2.42. The molecule has 17 heavy (non-hydrogen) atoms. The van der Waals surface area contributed by atoms with Gasteiger partial charge in [-0.05, 0) is 25.0 Å². The van der Waals surface area contributed by atoms with Crippen LogP contribution in [-0.2, 0) is 9.53 Å². The number of rotatable bonds is 6. The number of nitrogens with one attached hydrogen (secondary N) is 1. The monoisotopic (exact) mass is 237 g/mol. The molecule has 5 nitrogen and oxygen atoms in total. The van der Waals surface area contributed by atoms with Crippen LogP contribution in [0.3, 0.4) is 0 Å². The third-order valence-corrected chi connectivity index (χ3v) is 2.51. The van der Waals surface area contributed by atoms with Crippen molar-refractivity contribution in [2.45, 2.75) is 25.4 Å². The Hall–Kier alpha value is -1.46. The van der Waals surface area contributed by atoms with E-state index in [0.29, 0.717) is 13.0 Å². The van der Waals surface area contributed by atoms with Gasteiger partial charge in [-0.3, -0.25) is 9.78 Å². The molecule has 2 unspecified atom stereocenters. The zero-order valence-electron chi connectivity index (χ0n) is 10.2. The Morgan fingerprint density at radius 2 is 2.41 bits per heavy atom. The molecule has 0 aliphatic heterocycles. The summed E-state index contributed by atoms with van der Waals surface area (Å²) in [6.07, 6.45) is 3.94. The van der Waals surface area contributed by atoms with Gasteiger partial charge in [-0.2, -0.15) is 0 Å². The van der Waals surface area contributed by atoms with Crippen molar-refractivity contribution in [3.8, 4) is 0 Å². The SMILES string of the molecule is COCCC(N)C(=O)NC(C)c1cccnc1. The van der Waals surface area contributed by atoms with Crippen LogP contribution in [0.5, 0.6) is 0 Å². The molecule has 1 amide bonds. The van der Waals surface area contributed by atoms with Gasteiger partial charge in [-0.15, -0.1) is 0 Å². The van der Waals surface area contributed by atoms with Crippen LogP contribution in [0.1, 0.15) is 24.9 Å². The molecule has 0 aromatic carbocycles. The molecule has 1 aromatic heterocycles. The van der Waals surface area contributed by atoms with Crippen molar-refractivity contribution in [1.82, 2.24) is 10.3 Å². The molecule has 0 saturated heterocycles. The number of hydrogen-bond donors (Lipinski definition) is 2. The fraction of sp³-hybridized carbons (Fsp3) is 0.500. The molecule has 5 heteroatoms. The molecule has 0 aliphatic carbocycles. The lowest BCUT2D eigenvalue weighted by molar-refractivity contribution is -0.123. The number of ether oxygens (including phenoxy) is 1. The van der Waals surface area contributed by atoms with E-state index in [1.165, 1.54) is 0 Å². The Morgan fingerprint density at radius 1 is 1.65 bits per heavy atom. The molecule has 2 atom stereocenters. The summed E-state index contributed by atoms with van der Waals surface area (Å²) in [5, 5.41) is 2.85. The normalized spacial score (nSPS) is 14.1. The first-order chi connectivity index (χ1) is 8.15. The van der Waals surface area contributed by atoms with E-state index < -0.39 is 6.04 Å². The number of carbonyl (C=O) groups is 1. The van der Waals surface area contributed by atoms with Gasteiger partial charge in [-0.25, -0.2) is 0 Å². The molecule has 0 spiro atoms. The van der Waals surface area contributed by atoms with Crippen LogP contribution in [-0.4, -0.2) is 30.6 Å². The van der Waals surface area contributed by atoms with E-state index in [4.69, 9.17) is 10.5 Å². The molecule has 94 valence electrons. The number of methoxy groups -OCH3 is 1. The van der Waals surface area contributed by atoms with Crippen molar-refractivity contribution < 1.29 is 9.53 Å². The van der Waals surface area contributed by atoms with E-state index in [-0.39, 0.29) is 11.9 Å². The van der Waals surface area contributed by atoms with Gasteiger partial charge in [0.15, 0.2) is 0 Å². The predicted molar refractivity (Wildman–Crippen MR) is 65.3 cm³/mol. The number of pyridine rings is 1. The number of nitrogens with two attached hydrogens (primary N) is 1. The summed E-state index contributed by atoms with van der Waals surface area (Å²) in [4.78, 5) is 15.7. The van der Waals surface area contributed by atoms with E-state index in [2.05, 4.69) is 10.3 Å². The highest BCUT2D eigenvalue weighted by Gasteiger charge is 2.16. The largest absolute Gasteiger partial charge is 0.385 e. The van der Waals surface area contributed by atoms with Crippen LogP contribution in [0.15, 0.2) is 24.5 Å². The first-order valence-electron chi connectivity index (χ1n) is 5.60. The second-order valence-electron chi connectivity index (χ2n) is 3.90. The number of aromatic nitrogens is 1. The smallest absolute Gasteiger partial charge is 0.237 e. The van der Waals surface area contributed by atoms with Crippen LogP contribution in [0.25, 0.3) is 0 Å². The third kappa shape index (κ3) is 4.50. The molecule has 0 radical (unpaired) electrons. The molecule has 0 aliphatic rings. The van der Waals surface area contributed by atoms with Crippen molar-refractivity contribution in [3.63, 3.8) is 0 Å². The highest BCUT2D eigenvalue weighted by molar-refractivity contribution is 5.81. The zero-order chi connectivity index (χ0) is 12.7. The van der Waals surface area contributed by atoms with Crippen LogP contribution in [0.4, 0.5) is 0 Å². The highest BCUT2D eigenvalue weighted by atomic mass is 16.5. The average Bonchev–Trinajstić information content (AvgIpc) is 2.36. The standard InChI is InChI=1S/C12H19N3O2/c1-9(10-4-3-6-14-8-10)15-12(16)11(13)5-7-17-2/h3-4,6,8-9,11H,5,7,13H2,1-2H3,(H,15,16). The summed E-state index contributed by atoms with van der Waals surface area (Å²) in [6, 6.07) is 3.13. The van der Waals surface area contributed by atoms with Gasteiger partial charge in [0.2, 0.25) is 5.91 Å². The Labute approximate surface area is 101 Å². The number of amides is 1.